The molecule has 36 heavy (non-hydrogen) atoms. The van der Waals surface area contributed by atoms with Crippen LogP contribution in [-0.4, -0.2) is 61.1 Å². The highest BCUT2D eigenvalue weighted by molar-refractivity contribution is 5.72. The second kappa shape index (κ2) is 15.7. The van der Waals surface area contributed by atoms with Gasteiger partial charge in [0.2, 0.25) is 0 Å². The van der Waals surface area contributed by atoms with Crippen LogP contribution in [0.25, 0.3) is 0 Å². The Bertz CT molecular complexity index is 767. The van der Waals surface area contributed by atoms with Gasteiger partial charge < -0.3 is 24.2 Å². The summed E-state index contributed by atoms with van der Waals surface area (Å²) >= 11 is 0. The number of rotatable bonds is 15. The maximum atomic E-state index is 12.8. The smallest absolute Gasteiger partial charge is 0.409 e. The van der Waals surface area contributed by atoms with Crippen LogP contribution in [0, 0.1) is 11.3 Å². The molecule has 1 saturated carbocycles. The van der Waals surface area contributed by atoms with Crippen LogP contribution >= 0.6 is 0 Å². The van der Waals surface area contributed by atoms with E-state index in [0.717, 1.165) is 24.3 Å². The molecule has 0 bridgehead atoms. The summed E-state index contributed by atoms with van der Waals surface area (Å²) in [5.74, 6) is 0.572. The minimum Gasteiger partial charge on any atom is -0.492 e. The fourth-order valence-electron chi connectivity index (χ4n) is 4.50. The Morgan fingerprint density at radius 3 is 2.36 bits per heavy atom. The van der Waals surface area contributed by atoms with Crippen LogP contribution in [0.15, 0.2) is 24.3 Å². The van der Waals surface area contributed by atoms with Gasteiger partial charge in [-0.05, 0) is 42.4 Å². The topological polar surface area (TPSA) is 85.3 Å². The van der Waals surface area contributed by atoms with Crippen molar-refractivity contribution in [2.75, 3.05) is 32.9 Å². The summed E-state index contributed by atoms with van der Waals surface area (Å²) in [5, 5.41) is 9.27. The second-order valence-corrected chi connectivity index (χ2v) is 11.1. The van der Waals surface area contributed by atoms with Gasteiger partial charge in [0.15, 0.2) is 6.10 Å². The quantitative estimate of drug-likeness (QED) is 0.280. The number of hydrogen-bond acceptors (Lipinski definition) is 5. The van der Waals surface area contributed by atoms with Gasteiger partial charge >= 0.3 is 12.1 Å². The van der Waals surface area contributed by atoms with Crippen LogP contribution < -0.4 is 4.74 Å². The normalized spacial score (nSPS) is 15.3. The first-order valence-corrected chi connectivity index (χ1v) is 13.7. The number of unbranched alkanes of at least 4 members (excludes halogenated alkanes) is 1. The fraction of sp³-hybridized carbons (Fsp3) is 0.724. The Kier molecular flexibility index (Phi) is 13.1. The summed E-state index contributed by atoms with van der Waals surface area (Å²) in [6.07, 6.45) is 9.33. The van der Waals surface area contributed by atoms with E-state index >= 15 is 0 Å². The summed E-state index contributed by atoms with van der Waals surface area (Å²) in [5.41, 5.74) is 0.788. The minimum absolute atomic E-state index is 0.0810. The van der Waals surface area contributed by atoms with Gasteiger partial charge in [-0.1, -0.05) is 77.8 Å². The molecule has 0 radical (unpaired) electrons. The van der Waals surface area contributed by atoms with Crippen molar-refractivity contribution in [3.05, 3.63) is 29.8 Å². The Labute approximate surface area is 217 Å². The zero-order valence-corrected chi connectivity index (χ0v) is 22.8. The molecule has 1 aliphatic rings. The summed E-state index contributed by atoms with van der Waals surface area (Å²) < 4.78 is 16.8. The van der Waals surface area contributed by atoms with Crippen LogP contribution in [0.1, 0.15) is 84.6 Å². The molecule has 2 rings (SSSR count). The third kappa shape index (κ3) is 12.1. The molecule has 1 unspecified atom stereocenters. The summed E-state index contributed by atoms with van der Waals surface area (Å²) in [4.78, 5) is 25.8. The van der Waals surface area contributed by atoms with Gasteiger partial charge in [0.05, 0.1) is 13.2 Å². The molecule has 204 valence electrons. The van der Waals surface area contributed by atoms with E-state index in [1.165, 1.54) is 38.5 Å². The molecule has 1 fully saturated rings. The Hall–Kier alpha value is -2.28. The monoisotopic (exact) mass is 505 g/mol. The second-order valence-electron chi connectivity index (χ2n) is 11.1. The predicted octanol–water partition coefficient (Wildman–Crippen LogP) is 6.33. The van der Waals surface area contributed by atoms with E-state index in [4.69, 9.17) is 14.2 Å². The Morgan fingerprint density at radius 2 is 1.75 bits per heavy atom. The number of carboxylic acids is 1. The third-order valence-electron chi connectivity index (χ3n) is 6.52. The highest BCUT2D eigenvalue weighted by Gasteiger charge is 2.20. The van der Waals surface area contributed by atoms with Crippen molar-refractivity contribution in [1.82, 2.24) is 4.90 Å². The van der Waals surface area contributed by atoms with Crippen molar-refractivity contribution in [3.63, 3.8) is 0 Å². The number of benzene rings is 1. The number of amides is 1. The molecule has 1 aromatic carbocycles. The van der Waals surface area contributed by atoms with E-state index in [2.05, 4.69) is 20.8 Å². The first kappa shape index (κ1) is 29.9. The minimum atomic E-state index is -0.964. The number of aliphatic carboxylic acids is 1. The molecule has 1 N–H and O–H groups in total. The molecular weight excluding hydrogens is 458 g/mol. The van der Waals surface area contributed by atoms with Crippen LogP contribution in [0.3, 0.4) is 0 Å². The van der Waals surface area contributed by atoms with Crippen molar-refractivity contribution in [1.29, 1.82) is 0 Å². The molecule has 0 saturated heterocycles. The van der Waals surface area contributed by atoms with Gasteiger partial charge in [0, 0.05) is 19.6 Å². The molecule has 1 aromatic rings. The molecule has 0 aliphatic heterocycles. The molecule has 1 aliphatic carbocycles. The lowest BCUT2D eigenvalue weighted by Gasteiger charge is -2.26. The van der Waals surface area contributed by atoms with Gasteiger partial charge in [0.1, 0.15) is 12.4 Å². The van der Waals surface area contributed by atoms with Crippen molar-refractivity contribution >= 4 is 12.1 Å². The zero-order chi connectivity index (χ0) is 26.4. The number of ether oxygens (including phenoxy) is 3. The standard InChI is InChI=1S/C29H47NO6/c1-5-34-26(27(31)32)21-24-14-16-25(17-15-24)35-20-19-30(28(33)36-22-29(2,3)4)18-10-9-13-23-11-7-6-8-12-23/h14-17,23,26H,5-13,18-22H2,1-4H3,(H,31,32). The van der Waals surface area contributed by atoms with Crippen molar-refractivity contribution < 1.29 is 28.9 Å². The van der Waals surface area contributed by atoms with Crippen LogP contribution in [0.2, 0.25) is 0 Å². The van der Waals surface area contributed by atoms with Crippen molar-refractivity contribution in [2.24, 2.45) is 11.3 Å². The number of nitrogens with zero attached hydrogens (tertiary/aromatic N) is 1. The number of carbonyl (C=O) groups excluding carboxylic acids is 1. The lowest BCUT2D eigenvalue weighted by Crippen LogP contribution is -2.37. The molecule has 1 atom stereocenters. The number of carbonyl (C=O) groups is 2. The summed E-state index contributed by atoms with van der Waals surface area (Å²) in [7, 11) is 0. The lowest BCUT2D eigenvalue weighted by molar-refractivity contribution is -0.149. The lowest BCUT2D eigenvalue weighted by atomic mass is 9.86. The van der Waals surface area contributed by atoms with Crippen LogP contribution in [0.4, 0.5) is 4.79 Å². The average molecular weight is 506 g/mol. The molecule has 0 spiro atoms. The van der Waals surface area contributed by atoms with Crippen LogP contribution in [0.5, 0.6) is 5.75 Å². The van der Waals surface area contributed by atoms with E-state index < -0.39 is 12.1 Å². The van der Waals surface area contributed by atoms with E-state index in [9.17, 15) is 14.7 Å². The molecule has 0 aromatic heterocycles. The zero-order valence-electron chi connectivity index (χ0n) is 22.8. The van der Waals surface area contributed by atoms with Gasteiger partial charge in [-0.25, -0.2) is 9.59 Å². The Morgan fingerprint density at radius 1 is 1.06 bits per heavy atom. The highest BCUT2D eigenvalue weighted by Crippen LogP contribution is 2.27. The van der Waals surface area contributed by atoms with E-state index in [0.29, 0.717) is 45.1 Å². The predicted molar refractivity (Wildman–Crippen MR) is 141 cm³/mol. The van der Waals surface area contributed by atoms with Gasteiger partial charge in [-0.15, -0.1) is 0 Å². The van der Waals surface area contributed by atoms with Crippen molar-refractivity contribution in [2.45, 2.75) is 91.6 Å². The van der Waals surface area contributed by atoms with Crippen molar-refractivity contribution in [3.8, 4) is 5.75 Å². The van der Waals surface area contributed by atoms with E-state index in [1.54, 1.807) is 11.8 Å². The number of carboxylic acid groups (broad SMARTS) is 1. The number of hydrogen-bond donors (Lipinski definition) is 1. The Balaban J connectivity index is 1.82. The van der Waals surface area contributed by atoms with Gasteiger partial charge in [-0.2, -0.15) is 0 Å². The third-order valence-corrected chi connectivity index (χ3v) is 6.52. The molecule has 0 heterocycles. The van der Waals surface area contributed by atoms with E-state index in [1.807, 2.05) is 24.3 Å². The first-order chi connectivity index (χ1) is 17.2. The summed E-state index contributed by atoms with van der Waals surface area (Å²) in [6, 6.07) is 7.36. The molecule has 7 nitrogen and oxygen atoms in total. The van der Waals surface area contributed by atoms with Gasteiger partial charge in [-0.3, -0.25) is 0 Å². The van der Waals surface area contributed by atoms with Gasteiger partial charge in [0.25, 0.3) is 0 Å². The fourth-order valence-corrected chi connectivity index (χ4v) is 4.50. The highest BCUT2D eigenvalue weighted by atomic mass is 16.6. The average Bonchev–Trinajstić information content (AvgIpc) is 2.84. The van der Waals surface area contributed by atoms with Crippen LogP contribution in [-0.2, 0) is 20.7 Å². The largest absolute Gasteiger partial charge is 0.492 e. The van der Waals surface area contributed by atoms with E-state index in [-0.39, 0.29) is 11.5 Å². The first-order valence-electron chi connectivity index (χ1n) is 13.7. The maximum absolute atomic E-state index is 12.8. The SMILES string of the molecule is CCOC(Cc1ccc(OCCN(CCCCC2CCCCC2)C(=O)OCC(C)(C)C)cc1)C(=O)O. The summed E-state index contributed by atoms with van der Waals surface area (Å²) in [6.45, 7) is 10.2. The molecule has 7 heteroatoms. The molecule has 1 amide bonds. The molecular formula is C29H47NO6. The maximum Gasteiger partial charge on any atom is 0.409 e.